The van der Waals surface area contributed by atoms with Gasteiger partial charge in [-0.3, -0.25) is 0 Å². The van der Waals surface area contributed by atoms with Gasteiger partial charge >= 0.3 is 0 Å². The molecule has 0 saturated heterocycles. The van der Waals surface area contributed by atoms with E-state index in [2.05, 4.69) is 63.4 Å². The number of hydrogen-bond acceptors (Lipinski definition) is 4. The molecule has 0 unspecified atom stereocenters. The minimum absolute atomic E-state index is 0.649. The number of nitrogens with zero attached hydrogens (tertiary/aromatic N) is 1. The van der Waals surface area contributed by atoms with Crippen LogP contribution in [0.2, 0.25) is 5.02 Å². The molecule has 0 aliphatic heterocycles. The lowest BCUT2D eigenvalue weighted by Gasteiger charge is -2.10. The third-order valence-electron chi connectivity index (χ3n) is 3.73. The first-order valence-electron chi connectivity index (χ1n) is 8.11. The standard InChI is InChI=1S/C19H21ClN4/c20-18-6-3-9-23-19(18)24-13-11-21-10-12-22-17-8-7-15-4-1-2-5-16(15)14-17/h1-9,14,21-22H,10-13H2,(H,23,24). The zero-order valence-corrected chi connectivity index (χ0v) is 14.2. The molecule has 24 heavy (non-hydrogen) atoms. The molecule has 3 aromatic rings. The number of pyridine rings is 1. The fourth-order valence-corrected chi connectivity index (χ4v) is 2.69. The summed E-state index contributed by atoms with van der Waals surface area (Å²) in [7, 11) is 0. The molecule has 5 heteroatoms. The van der Waals surface area contributed by atoms with Gasteiger partial charge in [0.1, 0.15) is 5.82 Å². The first kappa shape index (κ1) is 16.6. The normalized spacial score (nSPS) is 10.7. The number of fused-ring (bicyclic) bond motifs is 1. The second-order valence-corrected chi connectivity index (χ2v) is 5.91. The van der Waals surface area contributed by atoms with E-state index >= 15 is 0 Å². The highest BCUT2D eigenvalue weighted by molar-refractivity contribution is 6.32. The number of aromatic nitrogens is 1. The summed E-state index contributed by atoms with van der Waals surface area (Å²) >= 11 is 6.04. The SMILES string of the molecule is Clc1cccnc1NCCNCCNc1ccc2ccccc2c1. The molecule has 0 fully saturated rings. The van der Waals surface area contributed by atoms with Crippen LogP contribution in [0.5, 0.6) is 0 Å². The Bertz CT molecular complexity index is 791. The van der Waals surface area contributed by atoms with E-state index in [4.69, 9.17) is 11.6 Å². The van der Waals surface area contributed by atoms with Gasteiger partial charge < -0.3 is 16.0 Å². The van der Waals surface area contributed by atoms with Crippen molar-refractivity contribution in [2.75, 3.05) is 36.8 Å². The minimum atomic E-state index is 0.649. The number of hydrogen-bond donors (Lipinski definition) is 3. The number of rotatable bonds is 8. The minimum Gasteiger partial charge on any atom is -0.384 e. The lowest BCUT2D eigenvalue weighted by atomic mass is 10.1. The average molecular weight is 341 g/mol. The van der Waals surface area contributed by atoms with Gasteiger partial charge in [-0.25, -0.2) is 4.98 Å². The fourth-order valence-electron chi connectivity index (χ4n) is 2.50. The predicted molar refractivity (Wildman–Crippen MR) is 103 cm³/mol. The monoisotopic (exact) mass is 340 g/mol. The van der Waals surface area contributed by atoms with Gasteiger partial charge in [-0.1, -0.05) is 41.9 Å². The highest BCUT2D eigenvalue weighted by Crippen LogP contribution is 2.18. The molecule has 2 aromatic carbocycles. The van der Waals surface area contributed by atoms with E-state index in [0.29, 0.717) is 5.02 Å². The Morgan fingerprint density at radius 2 is 1.58 bits per heavy atom. The van der Waals surface area contributed by atoms with Crippen LogP contribution in [0, 0.1) is 0 Å². The Kier molecular flexibility index (Phi) is 5.88. The van der Waals surface area contributed by atoms with Crippen molar-refractivity contribution in [1.29, 1.82) is 0 Å². The van der Waals surface area contributed by atoms with Crippen LogP contribution in [-0.4, -0.2) is 31.2 Å². The summed E-state index contributed by atoms with van der Waals surface area (Å²) in [6.07, 6.45) is 1.73. The van der Waals surface area contributed by atoms with E-state index < -0.39 is 0 Å². The van der Waals surface area contributed by atoms with Crippen molar-refractivity contribution in [2.45, 2.75) is 0 Å². The van der Waals surface area contributed by atoms with E-state index in [1.54, 1.807) is 6.20 Å². The Balaban J connectivity index is 1.34. The largest absolute Gasteiger partial charge is 0.384 e. The quantitative estimate of drug-likeness (QED) is 0.542. The Morgan fingerprint density at radius 1 is 0.792 bits per heavy atom. The number of halogens is 1. The number of anilines is 2. The maximum Gasteiger partial charge on any atom is 0.144 e. The van der Waals surface area contributed by atoms with Gasteiger partial charge in [0, 0.05) is 38.1 Å². The molecule has 1 heterocycles. The molecule has 0 bridgehead atoms. The molecule has 0 aliphatic carbocycles. The number of benzene rings is 2. The molecule has 1 aromatic heterocycles. The van der Waals surface area contributed by atoms with Crippen LogP contribution in [0.1, 0.15) is 0 Å². The Morgan fingerprint density at radius 3 is 2.42 bits per heavy atom. The highest BCUT2D eigenvalue weighted by atomic mass is 35.5. The molecule has 0 radical (unpaired) electrons. The van der Waals surface area contributed by atoms with Crippen molar-refractivity contribution in [1.82, 2.24) is 10.3 Å². The summed E-state index contributed by atoms with van der Waals surface area (Å²) in [4.78, 5) is 4.19. The fraction of sp³-hybridized carbons (Fsp3) is 0.211. The summed E-state index contributed by atoms with van der Waals surface area (Å²) in [5, 5.41) is 13.2. The molecule has 124 valence electrons. The summed E-state index contributed by atoms with van der Waals surface area (Å²) < 4.78 is 0. The van der Waals surface area contributed by atoms with Crippen molar-refractivity contribution in [3.8, 4) is 0 Å². The van der Waals surface area contributed by atoms with Crippen LogP contribution in [0.3, 0.4) is 0 Å². The first-order chi connectivity index (χ1) is 11.8. The van der Waals surface area contributed by atoms with Gasteiger partial charge in [0.05, 0.1) is 5.02 Å². The zero-order chi connectivity index (χ0) is 16.6. The second kappa shape index (κ2) is 8.52. The summed E-state index contributed by atoms with van der Waals surface area (Å²) in [5.41, 5.74) is 1.15. The van der Waals surface area contributed by atoms with Crippen LogP contribution in [0.15, 0.2) is 60.8 Å². The molecular formula is C19H21ClN4. The van der Waals surface area contributed by atoms with Crippen molar-refractivity contribution < 1.29 is 0 Å². The van der Waals surface area contributed by atoms with Crippen LogP contribution >= 0.6 is 11.6 Å². The van der Waals surface area contributed by atoms with Crippen LogP contribution in [0.25, 0.3) is 10.8 Å². The molecule has 3 N–H and O–H groups in total. The summed E-state index contributed by atoms with van der Waals surface area (Å²) in [5.74, 6) is 0.732. The maximum atomic E-state index is 6.04. The second-order valence-electron chi connectivity index (χ2n) is 5.50. The van der Waals surface area contributed by atoms with Gasteiger partial charge in [0.25, 0.3) is 0 Å². The lowest BCUT2D eigenvalue weighted by Crippen LogP contribution is -2.27. The third-order valence-corrected chi connectivity index (χ3v) is 4.04. The molecule has 3 rings (SSSR count). The van der Waals surface area contributed by atoms with Crippen molar-refractivity contribution in [2.24, 2.45) is 0 Å². The molecule has 0 aliphatic rings. The molecule has 0 atom stereocenters. The van der Waals surface area contributed by atoms with Crippen LogP contribution in [-0.2, 0) is 0 Å². The maximum absolute atomic E-state index is 6.04. The molecule has 0 amide bonds. The number of nitrogens with one attached hydrogen (secondary N) is 3. The van der Waals surface area contributed by atoms with Crippen LogP contribution < -0.4 is 16.0 Å². The zero-order valence-electron chi connectivity index (χ0n) is 13.4. The summed E-state index contributed by atoms with van der Waals surface area (Å²) in [6.45, 7) is 3.41. The average Bonchev–Trinajstić information content (AvgIpc) is 2.62. The van der Waals surface area contributed by atoms with Gasteiger partial charge in [0.15, 0.2) is 0 Å². The van der Waals surface area contributed by atoms with Gasteiger partial charge in [-0.2, -0.15) is 0 Å². The molecule has 0 saturated carbocycles. The van der Waals surface area contributed by atoms with Crippen molar-refractivity contribution >= 4 is 33.9 Å². The van der Waals surface area contributed by atoms with E-state index in [-0.39, 0.29) is 0 Å². The molecule has 0 spiro atoms. The third kappa shape index (κ3) is 4.60. The van der Waals surface area contributed by atoms with Crippen molar-refractivity contribution in [3.05, 3.63) is 65.8 Å². The van der Waals surface area contributed by atoms with Gasteiger partial charge in [-0.05, 0) is 35.0 Å². The van der Waals surface area contributed by atoms with E-state index in [0.717, 1.165) is 37.7 Å². The lowest BCUT2D eigenvalue weighted by molar-refractivity contribution is 0.718. The molecule has 4 nitrogen and oxygen atoms in total. The summed E-state index contributed by atoms with van der Waals surface area (Å²) in [6, 6.07) is 18.5. The highest BCUT2D eigenvalue weighted by Gasteiger charge is 1.98. The Hall–Kier alpha value is -2.30. The topological polar surface area (TPSA) is 49.0 Å². The van der Waals surface area contributed by atoms with E-state index in [1.165, 1.54) is 10.8 Å². The Labute approximate surface area is 147 Å². The molecular weight excluding hydrogens is 320 g/mol. The smallest absolute Gasteiger partial charge is 0.144 e. The van der Waals surface area contributed by atoms with Crippen molar-refractivity contribution in [3.63, 3.8) is 0 Å². The predicted octanol–water partition coefficient (Wildman–Crippen LogP) is 4.00. The van der Waals surface area contributed by atoms with E-state index in [9.17, 15) is 0 Å². The first-order valence-corrected chi connectivity index (χ1v) is 8.48. The van der Waals surface area contributed by atoms with Gasteiger partial charge in [0.2, 0.25) is 0 Å². The van der Waals surface area contributed by atoms with Crippen LogP contribution in [0.4, 0.5) is 11.5 Å². The van der Waals surface area contributed by atoms with Gasteiger partial charge in [-0.15, -0.1) is 0 Å². The van der Waals surface area contributed by atoms with E-state index in [1.807, 2.05) is 12.1 Å².